The van der Waals surface area contributed by atoms with E-state index in [1.165, 1.54) is 0 Å². The van der Waals surface area contributed by atoms with Gasteiger partial charge in [0.25, 0.3) is 6.43 Å². The van der Waals surface area contributed by atoms with Gasteiger partial charge in [-0.05, 0) is 22.0 Å². The van der Waals surface area contributed by atoms with Gasteiger partial charge in [0, 0.05) is 9.80 Å². The van der Waals surface area contributed by atoms with Crippen molar-refractivity contribution in [1.29, 1.82) is 5.26 Å². The lowest BCUT2D eigenvalue weighted by Gasteiger charge is -2.05. The van der Waals surface area contributed by atoms with E-state index in [9.17, 15) is 8.78 Å². The van der Waals surface area contributed by atoms with Gasteiger partial charge in [-0.15, -0.1) is 0 Å². The minimum atomic E-state index is -2.74. The number of alkyl halides is 3. The molecule has 14 heavy (non-hydrogen) atoms. The smallest absolute Gasteiger partial charge is 0.249 e. The summed E-state index contributed by atoms with van der Waals surface area (Å²) in [5.74, 6) is 0. The van der Waals surface area contributed by atoms with Gasteiger partial charge in [0.1, 0.15) is 11.8 Å². The highest BCUT2D eigenvalue weighted by Crippen LogP contribution is 2.27. The van der Waals surface area contributed by atoms with E-state index >= 15 is 0 Å². The second-order valence-electron chi connectivity index (χ2n) is 2.40. The van der Waals surface area contributed by atoms with Crippen LogP contribution in [0.1, 0.15) is 23.4 Å². The molecule has 0 N–H and O–H groups in total. The minimum Gasteiger partial charge on any atom is -0.249 e. The molecule has 0 saturated heterocycles. The van der Waals surface area contributed by atoms with Crippen LogP contribution in [0.25, 0.3) is 0 Å². The third-order valence-electron chi connectivity index (χ3n) is 1.51. The van der Waals surface area contributed by atoms with Crippen LogP contribution in [0.3, 0.4) is 0 Å². The molecule has 0 aliphatic carbocycles. The minimum absolute atomic E-state index is 0.107. The quantitative estimate of drug-likeness (QED) is 0.780. The molecule has 74 valence electrons. The number of aromatic nitrogens is 1. The fourth-order valence-corrected chi connectivity index (χ4v) is 1.76. The van der Waals surface area contributed by atoms with Crippen LogP contribution in [-0.2, 0) is 5.33 Å². The summed E-state index contributed by atoms with van der Waals surface area (Å²) in [6.07, 6.45) is -2.74. The van der Waals surface area contributed by atoms with Gasteiger partial charge < -0.3 is 0 Å². The van der Waals surface area contributed by atoms with Gasteiger partial charge in [0.05, 0.1) is 11.3 Å². The molecule has 1 rings (SSSR count). The van der Waals surface area contributed by atoms with E-state index in [0.29, 0.717) is 15.5 Å². The lowest BCUT2D eigenvalue weighted by molar-refractivity contribution is 0.145. The molecule has 1 heterocycles. The van der Waals surface area contributed by atoms with Crippen LogP contribution in [0.15, 0.2) is 10.5 Å². The summed E-state index contributed by atoms with van der Waals surface area (Å²) in [4.78, 5) is 3.67. The molecule has 0 fully saturated rings. The first-order chi connectivity index (χ1) is 6.60. The van der Waals surface area contributed by atoms with Gasteiger partial charge in [0.15, 0.2) is 0 Å². The Morgan fingerprint density at radius 1 is 1.57 bits per heavy atom. The number of pyridine rings is 1. The maximum Gasteiger partial charge on any atom is 0.281 e. The summed E-state index contributed by atoms with van der Waals surface area (Å²) in [5, 5.41) is 9.02. The molecule has 0 aliphatic heterocycles. The maximum atomic E-state index is 12.5. The van der Waals surface area contributed by atoms with E-state index in [-0.39, 0.29) is 5.56 Å². The summed E-state index contributed by atoms with van der Waals surface area (Å²) in [6.45, 7) is 0. The van der Waals surface area contributed by atoms with E-state index in [0.717, 1.165) is 0 Å². The van der Waals surface area contributed by atoms with Crippen LogP contribution < -0.4 is 0 Å². The zero-order valence-corrected chi connectivity index (χ0v) is 9.94. The highest BCUT2D eigenvalue weighted by atomic mass is 79.9. The van der Waals surface area contributed by atoms with E-state index in [4.69, 9.17) is 5.26 Å². The van der Waals surface area contributed by atoms with Crippen molar-refractivity contribution in [2.45, 2.75) is 11.8 Å². The molecule has 0 radical (unpaired) electrons. The Bertz CT molecular complexity index is 388. The van der Waals surface area contributed by atoms with Gasteiger partial charge in [0.2, 0.25) is 0 Å². The molecule has 1 aromatic rings. The van der Waals surface area contributed by atoms with Crippen LogP contribution in [0.4, 0.5) is 8.78 Å². The van der Waals surface area contributed by atoms with Crippen molar-refractivity contribution in [2.24, 2.45) is 0 Å². The Hall–Kier alpha value is -0.540. The van der Waals surface area contributed by atoms with Crippen molar-refractivity contribution in [3.63, 3.8) is 0 Å². The Morgan fingerprint density at radius 2 is 2.21 bits per heavy atom. The molecule has 0 saturated carbocycles. The normalized spacial score (nSPS) is 10.3. The fourth-order valence-electron chi connectivity index (χ4n) is 0.921. The largest absolute Gasteiger partial charge is 0.281 e. The van der Waals surface area contributed by atoms with Crippen molar-refractivity contribution in [3.8, 4) is 6.07 Å². The Kier molecular flexibility index (Phi) is 3.96. The van der Waals surface area contributed by atoms with Crippen LogP contribution in [0, 0.1) is 11.3 Å². The molecule has 6 heteroatoms. The maximum absolute atomic E-state index is 12.5. The molecule has 0 amide bonds. The van der Waals surface area contributed by atoms with Crippen molar-refractivity contribution >= 4 is 31.9 Å². The average molecular weight is 326 g/mol. The lowest BCUT2D eigenvalue weighted by atomic mass is 10.2. The van der Waals surface area contributed by atoms with Crippen molar-refractivity contribution in [1.82, 2.24) is 4.98 Å². The van der Waals surface area contributed by atoms with Gasteiger partial charge in [-0.25, -0.2) is 13.8 Å². The van der Waals surface area contributed by atoms with E-state index in [2.05, 4.69) is 36.8 Å². The van der Waals surface area contributed by atoms with Crippen LogP contribution >= 0.6 is 31.9 Å². The number of hydrogen-bond acceptors (Lipinski definition) is 2. The van der Waals surface area contributed by atoms with Crippen LogP contribution in [0.5, 0.6) is 0 Å². The van der Waals surface area contributed by atoms with Crippen LogP contribution in [0.2, 0.25) is 0 Å². The molecular formula is C8H4Br2F2N2. The van der Waals surface area contributed by atoms with E-state index in [1.54, 1.807) is 12.1 Å². The topological polar surface area (TPSA) is 36.7 Å². The summed E-state index contributed by atoms with van der Waals surface area (Å²) in [7, 11) is 0. The predicted molar refractivity (Wildman–Crippen MR) is 54.2 cm³/mol. The molecule has 0 unspecified atom stereocenters. The summed E-state index contributed by atoms with van der Waals surface area (Å²) >= 11 is 6.16. The molecule has 0 spiro atoms. The first kappa shape index (κ1) is 11.5. The van der Waals surface area contributed by atoms with E-state index in [1.807, 2.05) is 0 Å². The van der Waals surface area contributed by atoms with Crippen molar-refractivity contribution in [2.75, 3.05) is 0 Å². The number of halogens is 4. The SMILES string of the molecule is N#Cc1c(Br)cc(CBr)nc1C(F)F. The molecule has 0 atom stereocenters. The lowest BCUT2D eigenvalue weighted by Crippen LogP contribution is -1.99. The summed E-state index contributed by atoms with van der Waals surface area (Å²) < 4.78 is 25.3. The zero-order chi connectivity index (χ0) is 10.7. The first-order valence-corrected chi connectivity index (χ1v) is 5.45. The van der Waals surface area contributed by atoms with Gasteiger partial charge in [-0.1, -0.05) is 15.9 Å². The second kappa shape index (κ2) is 4.80. The fraction of sp³-hybridized carbons (Fsp3) is 0.250. The number of nitriles is 1. The van der Waals surface area contributed by atoms with Crippen molar-refractivity contribution < 1.29 is 8.78 Å². The third kappa shape index (κ3) is 2.28. The van der Waals surface area contributed by atoms with Gasteiger partial charge >= 0.3 is 0 Å². The number of nitrogens with zero attached hydrogens (tertiary/aromatic N) is 2. The number of rotatable bonds is 2. The Labute approximate surface area is 96.2 Å². The summed E-state index contributed by atoms with van der Waals surface area (Å²) in [6, 6.07) is 3.23. The highest BCUT2D eigenvalue weighted by molar-refractivity contribution is 9.10. The molecule has 0 aromatic carbocycles. The Morgan fingerprint density at radius 3 is 2.64 bits per heavy atom. The Balaban J connectivity index is 3.37. The number of hydrogen-bond donors (Lipinski definition) is 0. The van der Waals surface area contributed by atoms with Crippen LogP contribution in [-0.4, -0.2) is 4.98 Å². The molecular weight excluding hydrogens is 322 g/mol. The highest BCUT2D eigenvalue weighted by Gasteiger charge is 2.18. The third-order valence-corrected chi connectivity index (χ3v) is 2.71. The van der Waals surface area contributed by atoms with Gasteiger partial charge in [-0.3, -0.25) is 0 Å². The average Bonchev–Trinajstić information content (AvgIpc) is 2.16. The monoisotopic (exact) mass is 324 g/mol. The molecule has 1 aromatic heterocycles. The predicted octanol–water partition coefficient (Wildman–Crippen LogP) is 3.55. The van der Waals surface area contributed by atoms with Crippen molar-refractivity contribution in [3.05, 3.63) is 27.5 Å². The second-order valence-corrected chi connectivity index (χ2v) is 3.82. The summed E-state index contributed by atoms with van der Waals surface area (Å²) in [5.41, 5.74) is -0.118. The molecule has 2 nitrogen and oxygen atoms in total. The van der Waals surface area contributed by atoms with Gasteiger partial charge in [-0.2, -0.15) is 5.26 Å². The molecule has 0 aliphatic rings. The molecule has 0 bridgehead atoms. The standard InChI is InChI=1S/C8H4Br2F2N2/c9-2-4-1-6(10)5(3-13)7(14-4)8(11)12/h1,8H,2H2. The van der Waals surface area contributed by atoms with E-state index < -0.39 is 12.1 Å². The zero-order valence-electron chi connectivity index (χ0n) is 6.77. The first-order valence-electron chi connectivity index (χ1n) is 3.53.